The third kappa shape index (κ3) is 3.19. The normalized spacial score (nSPS) is 14.1. The summed E-state index contributed by atoms with van der Waals surface area (Å²) in [5.74, 6) is -5.18. The van der Waals surface area contributed by atoms with Gasteiger partial charge in [-0.2, -0.15) is 22.0 Å². The fourth-order valence-electron chi connectivity index (χ4n) is 1.34. The number of rotatable bonds is 3. The van der Waals surface area contributed by atoms with E-state index in [4.69, 9.17) is 5.73 Å². The van der Waals surface area contributed by atoms with Gasteiger partial charge in [-0.3, -0.25) is 4.79 Å². The first kappa shape index (κ1) is 15.4. The molecule has 2 N–H and O–H groups in total. The van der Waals surface area contributed by atoms with Gasteiger partial charge < -0.3 is 10.5 Å². The average molecular weight is 283 g/mol. The van der Waals surface area contributed by atoms with Crippen LogP contribution in [0.25, 0.3) is 0 Å². The highest BCUT2D eigenvalue weighted by atomic mass is 19.4. The van der Waals surface area contributed by atoms with Gasteiger partial charge in [0.1, 0.15) is 0 Å². The van der Waals surface area contributed by atoms with Gasteiger partial charge in [0.25, 0.3) is 5.92 Å². The Morgan fingerprint density at radius 1 is 1.11 bits per heavy atom. The molecule has 0 aliphatic carbocycles. The minimum absolute atomic E-state index is 0.493. The lowest BCUT2D eigenvalue weighted by Gasteiger charge is -2.22. The Morgan fingerprint density at radius 2 is 1.53 bits per heavy atom. The van der Waals surface area contributed by atoms with Gasteiger partial charge in [-0.1, -0.05) is 12.1 Å². The van der Waals surface area contributed by atoms with E-state index in [0.717, 1.165) is 7.11 Å². The van der Waals surface area contributed by atoms with Gasteiger partial charge in [0.2, 0.25) is 0 Å². The third-order valence-corrected chi connectivity index (χ3v) is 2.44. The highest BCUT2D eigenvalue weighted by Gasteiger charge is 2.44. The van der Waals surface area contributed by atoms with Crippen molar-refractivity contribution in [3.8, 4) is 0 Å². The van der Waals surface area contributed by atoms with Crippen molar-refractivity contribution in [1.82, 2.24) is 0 Å². The van der Waals surface area contributed by atoms with Crippen molar-refractivity contribution in [2.24, 2.45) is 5.73 Å². The molecule has 0 radical (unpaired) electrons. The molecule has 0 aromatic heterocycles. The van der Waals surface area contributed by atoms with E-state index in [-0.39, 0.29) is 0 Å². The maximum Gasteiger partial charge on any atom is 0.416 e. The van der Waals surface area contributed by atoms with Crippen LogP contribution in [0, 0.1) is 0 Å². The first-order chi connectivity index (χ1) is 8.60. The maximum atomic E-state index is 13.7. The molecular formula is C11H10F5NO2. The smallest absolute Gasteiger partial charge is 0.416 e. The molecular weight excluding hydrogens is 273 g/mol. The SMILES string of the molecule is COC(=O)C(N)C(F)(F)c1ccc(C(F)(F)F)cc1. The monoisotopic (exact) mass is 283 g/mol. The fourth-order valence-corrected chi connectivity index (χ4v) is 1.34. The van der Waals surface area contributed by atoms with E-state index in [9.17, 15) is 26.7 Å². The molecule has 0 fully saturated rings. The van der Waals surface area contributed by atoms with Gasteiger partial charge in [0, 0.05) is 5.56 Å². The third-order valence-electron chi connectivity index (χ3n) is 2.44. The molecule has 1 atom stereocenters. The van der Waals surface area contributed by atoms with E-state index in [1.807, 2.05) is 0 Å². The van der Waals surface area contributed by atoms with E-state index in [0.29, 0.717) is 24.3 Å². The lowest BCUT2D eigenvalue weighted by Crippen LogP contribution is -2.45. The van der Waals surface area contributed by atoms with E-state index in [2.05, 4.69) is 4.74 Å². The molecule has 1 unspecified atom stereocenters. The van der Waals surface area contributed by atoms with Crippen LogP contribution in [0.1, 0.15) is 11.1 Å². The van der Waals surface area contributed by atoms with E-state index >= 15 is 0 Å². The Hall–Kier alpha value is -1.70. The summed E-state index contributed by atoms with van der Waals surface area (Å²) in [6, 6.07) is -0.146. The number of esters is 1. The highest BCUT2D eigenvalue weighted by molar-refractivity contribution is 5.77. The van der Waals surface area contributed by atoms with Crippen molar-refractivity contribution >= 4 is 5.97 Å². The molecule has 0 spiro atoms. The number of hydrogen-bond acceptors (Lipinski definition) is 3. The summed E-state index contributed by atoms with van der Waals surface area (Å²) < 4.78 is 68.3. The topological polar surface area (TPSA) is 52.3 Å². The summed E-state index contributed by atoms with van der Waals surface area (Å²) in [6.45, 7) is 0. The maximum absolute atomic E-state index is 13.7. The molecule has 106 valence electrons. The Kier molecular flexibility index (Phi) is 4.14. The predicted molar refractivity (Wildman–Crippen MR) is 55.3 cm³/mol. The van der Waals surface area contributed by atoms with Crippen LogP contribution in [0.4, 0.5) is 22.0 Å². The van der Waals surface area contributed by atoms with Crippen molar-refractivity contribution in [2.45, 2.75) is 18.1 Å². The van der Waals surface area contributed by atoms with Crippen molar-refractivity contribution in [3.05, 3.63) is 35.4 Å². The first-order valence-electron chi connectivity index (χ1n) is 4.99. The number of ether oxygens (including phenoxy) is 1. The van der Waals surface area contributed by atoms with Gasteiger partial charge in [-0.25, -0.2) is 0 Å². The summed E-state index contributed by atoms with van der Waals surface area (Å²) in [6.07, 6.45) is -4.63. The van der Waals surface area contributed by atoms with Gasteiger partial charge in [0.15, 0.2) is 6.04 Å². The number of methoxy groups -OCH3 is 1. The number of alkyl halides is 5. The largest absolute Gasteiger partial charge is 0.468 e. The summed E-state index contributed by atoms with van der Waals surface area (Å²) in [5, 5.41) is 0. The summed E-state index contributed by atoms with van der Waals surface area (Å²) in [5.41, 5.74) is 3.15. The van der Waals surface area contributed by atoms with Crippen LogP contribution >= 0.6 is 0 Å². The van der Waals surface area contributed by atoms with Gasteiger partial charge >= 0.3 is 12.1 Å². The molecule has 0 aliphatic rings. The highest BCUT2D eigenvalue weighted by Crippen LogP contribution is 2.34. The lowest BCUT2D eigenvalue weighted by molar-refractivity contribution is -0.153. The Labute approximate surface area is 105 Å². The van der Waals surface area contributed by atoms with E-state index < -0.39 is 35.2 Å². The molecule has 1 aromatic carbocycles. The Bertz CT molecular complexity index is 455. The Balaban J connectivity index is 3.06. The molecule has 0 saturated carbocycles. The zero-order valence-electron chi connectivity index (χ0n) is 9.67. The van der Waals surface area contributed by atoms with Crippen molar-refractivity contribution in [2.75, 3.05) is 7.11 Å². The molecule has 0 heterocycles. The second-order valence-corrected chi connectivity index (χ2v) is 3.70. The van der Waals surface area contributed by atoms with Gasteiger partial charge in [-0.05, 0) is 12.1 Å². The minimum atomic E-state index is -4.63. The number of benzene rings is 1. The number of nitrogens with two attached hydrogens (primary N) is 1. The molecule has 8 heteroatoms. The lowest BCUT2D eigenvalue weighted by atomic mass is 10.0. The van der Waals surface area contributed by atoms with Gasteiger partial charge in [0.05, 0.1) is 12.7 Å². The van der Waals surface area contributed by atoms with Gasteiger partial charge in [-0.15, -0.1) is 0 Å². The second kappa shape index (κ2) is 5.12. The van der Waals surface area contributed by atoms with Crippen LogP contribution in [0.15, 0.2) is 24.3 Å². The number of carbonyl (C=O) groups is 1. The standard InChI is InChI=1S/C11H10F5NO2/c1-19-9(18)8(17)10(12,13)6-2-4-7(5-3-6)11(14,15)16/h2-5,8H,17H2,1H3. The molecule has 1 aromatic rings. The Morgan fingerprint density at radius 3 is 1.89 bits per heavy atom. The predicted octanol–water partition coefficient (Wildman–Crippen LogP) is 2.30. The van der Waals surface area contributed by atoms with E-state index in [1.165, 1.54) is 0 Å². The molecule has 0 aliphatic heterocycles. The number of carbonyl (C=O) groups excluding carboxylic acids is 1. The summed E-state index contributed by atoms with van der Waals surface area (Å²) >= 11 is 0. The molecule has 0 bridgehead atoms. The summed E-state index contributed by atoms with van der Waals surface area (Å²) in [7, 11) is 0.880. The summed E-state index contributed by atoms with van der Waals surface area (Å²) in [4.78, 5) is 11.0. The second-order valence-electron chi connectivity index (χ2n) is 3.70. The van der Waals surface area contributed by atoms with Crippen molar-refractivity contribution in [1.29, 1.82) is 0 Å². The number of hydrogen-bond donors (Lipinski definition) is 1. The number of halogens is 5. The zero-order chi connectivity index (χ0) is 14.8. The minimum Gasteiger partial charge on any atom is -0.468 e. The molecule has 1 rings (SSSR count). The molecule has 3 nitrogen and oxygen atoms in total. The molecule has 0 amide bonds. The first-order valence-corrected chi connectivity index (χ1v) is 4.99. The fraction of sp³-hybridized carbons (Fsp3) is 0.364. The van der Waals surface area contributed by atoms with Crippen LogP contribution in [-0.4, -0.2) is 19.1 Å². The van der Waals surface area contributed by atoms with Crippen LogP contribution < -0.4 is 5.73 Å². The van der Waals surface area contributed by atoms with Crippen LogP contribution in [0.3, 0.4) is 0 Å². The van der Waals surface area contributed by atoms with Crippen molar-refractivity contribution in [3.63, 3.8) is 0 Å². The molecule has 19 heavy (non-hydrogen) atoms. The quantitative estimate of drug-likeness (QED) is 0.684. The molecule has 0 saturated heterocycles. The van der Waals surface area contributed by atoms with Crippen LogP contribution in [0.5, 0.6) is 0 Å². The average Bonchev–Trinajstić information content (AvgIpc) is 2.36. The zero-order valence-corrected chi connectivity index (χ0v) is 9.67. The van der Waals surface area contributed by atoms with Crippen LogP contribution in [-0.2, 0) is 21.6 Å². The van der Waals surface area contributed by atoms with E-state index in [1.54, 1.807) is 0 Å². The van der Waals surface area contributed by atoms with Crippen molar-refractivity contribution < 1.29 is 31.5 Å². The van der Waals surface area contributed by atoms with Crippen LogP contribution in [0.2, 0.25) is 0 Å².